The highest BCUT2D eigenvalue weighted by atomic mass is 32.2. The minimum Gasteiger partial charge on any atom is -0.477 e. The number of nitrogens with one attached hydrogen (secondary N) is 2. The van der Waals surface area contributed by atoms with Crippen molar-refractivity contribution in [3.8, 4) is 17.1 Å². The highest BCUT2D eigenvalue weighted by Gasteiger charge is 2.35. The summed E-state index contributed by atoms with van der Waals surface area (Å²) in [7, 11) is -3.39. The van der Waals surface area contributed by atoms with Crippen LogP contribution in [-0.4, -0.2) is 41.1 Å². The Balaban J connectivity index is 1.41. The van der Waals surface area contributed by atoms with Gasteiger partial charge in [0, 0.05) is 17.3 Å². The lowest BCUT2D eigenvalue weighted by molar-refractivity contribution is 0.0950. The van der Waals surface area contributed by atoms with Crippen LogP contribution in [-0.2, 0) is 16.6 Å². The zero-order chi connectivity index (χ0) is 23.4. The van der Waals surface area contributed by atoms with Crippen LogP contribution in [0.1, 0.15) is 35.8 Å². The van der Waals surface area contributed by atoms with Gasteiger partial charge in [-0.25, -0.2) is 17.8 Å². The number of hydrogen-bond acceptors (Lipinski definition) is 7. The number of anilines is 1. The average Bonchev–Trinajstić information content (AvgIpc) is 3.64. The number of amides is 1. The number of carbonyl (C=O) groups excluding carboxylic acids is 1. The van der Waals surface area contributed by atoms with Crippen LogP contribution in [0.5, 0.6) is 5.88 Å². The predicted molar refractivity (Wildman–Crippen MR) is 120 cm³/mol. The molecule has 0 atom stereocenters. The van der Waals surface area contributed by atoms with Gasteiger partial charge in [-0.1, -0.05) is 0 Å². The first-order chi connectivity index (χ1) is 15.9. The van der Waals surface area contributed by atoms with Crippen molar-refractivity contribution in [1.82, 2.24) is 20.3 Å². The van der Waals surface area contributed by atoms with Gasteiger partial charge in [-0.2, -0.15) is 0 Å². The van der Waals surface area contributed by atoms with Crippen molar-refractivity contribution in [2.24, 2.45) is 0 Å². The monoisotopic (exact) mass is 471 g/mol. The third kappa shape index (κ3) is 5.61. The minimum absolute atomic E-state index is 0.0447. The summed E-state index contributed by atoms with van der Waals surface area (Å²) >= 11 is 0. The van der Waals surface area contributed by atoms with E-state index in [1.54, 1.807) is 19.1 Å². The van der Waals surface area contributed by atoms with Crippen molar-refractivity contribution < 1.29 is 22.3 Å². The molecule has 33 heavy (non-hydrogen) atoms. The Hall–Kier alpha value is -3.60. The molecule has 0 radical (unpaired) electrons. The lowest BCUT2D eigenvalue weighted by Crippen LogP contribution is -2.23. The van der Waals surface area contributed by atoms with Crippen molar-refractivity contribution in [2.45, 2.75) is 31.6 Å². The standard InChI is InChI=1S/C22H22FN5O4S/c1-2-32-21-13-24-12-20(27-21)18-6-3-14(9-19(18)23)22(29)26-11-16-10-15(7-8-25-16)28-33(30,31)17-4-5-17/h3,6-10,12-13,17H,2,4-5,11H2,1H3,(H,25,28)(H,26,29). The van der Waals surface area contributed by atoms with Crippen LogP contribution in [0.3, 0.4) is 0 Å². The summed E-state index contributed by atoms with van der Waals surface area (Å²) in [6.45, 7) is 2.26. The molecule has 2 N–H and O–H groups in total. The third-order valence-corrected chi connectivity index (χ3v) is 6.75. The highest BCUT2D eigenvalue weighted by Crippen LogP contribution is 2.29. The molecule has 1 amide bonds. The van der Waals surface area contributed by atoms with Crippen molar-refractivity contribution in [3.63, 3.8) is 0 Å². The molecule has 172 valence electrons. The zero-order valence-corrected chi connectivity index (χ0v) is 18.6. The summed E-state index contributed by atoms with van der Waals surface area (Å²) in [4.78, 5) is 24.9. The van der Waals surface area contributed by atoms with Crippen LogP contribution in [0, 0.1) is 5.82 Å². The molecule has 0 bridgehead atoms. The fourth-order valence-electron chi connectivity index (χ4n) is 3.10. The molecule has 4 rings (SSSR count). The number of rotatable bonds is 9. The summed E-state index contributed by atoms with van der Waals surface area (Å²) in [5.74, 6) is -0.842. The zero-order valence-electron chi connectivity index (χ0n) is 17.8. The van der Waals surface area contributed by atoms with Gasteiger partial charge in [0.25, 0.3) is 5.91 Å². The van der Waals surface area contributed by atoms with E-state index in [0.717, 1.165) is 6.07 Å². The largest absolute Gasteiger partial charge is 0.477 e. The minimum atomic E-state index is -3.39. The first-order valence-electron chi connectivity index (χ1n) is 10.3. The van der Waals surface area contributed by atoms with E-state index >= 15 is 0 Å². The molecule has 0 saturated heterocycles. The second kappa shape index (κ2) is 9.49. The number of benzene rings is 1. The molecule has 0 unspecified atom stereocenters. The number of hydrogen-bond donors (Lipinski definition) is 2. The maximum Gasteiger partial charge on any atom is 0.251 e. The Labute approximate surface area is 190 Å². The Kier molecular flexibility index (Phi) is 6.50. The van der Waals surface area contributed by atoms with Gasteiger partial charge in [0.2, 0.25) is 15.9 Å². The van der Waals surface area contributed by atoms with E-state index in [9.17, 15) is 17.6 Å². The van der Waals surface area contributed by atoms with E-state index in [1.165, 1.54) is 30.7 Å². The molecule has 2 heterocycles. The lowest BCUT2D eigenvalue weighted by Gasteiger charge is -2.10. The SMILES string of the molecule is CCOc1cncc(-c2ccc(C(=O)NCc3cc(NS(=O)(=O)C4CC4)ccn3)cc2F)n1. The topological polar surface area (TPSA) is 123 Å². The van der Waals surface area contributed by atoms with E-state index in [0.29, 0.717) is 36.5 Å². The fraction of sp³-hybridized carbons (Fsp3) is 0.273. The molecule has 1 aliphatic rings. The van der Waals surface area contributed by atoms with E-state index in [-0.39, 0.29) is 28.8 Å². The molecule has 9 nitrogen and oxygen atoms in total. The van der Waals surface area contributed by atoms with E-state index in [4.69, 9.17) is 4.74 Å². The number of ether oxygens (including phenoxy) is 1. The number of nitrogens with zero attached hydrogens (tertiary/aromatic N) is 3. The van der Waals surface area contributed by atoms with Gasteiger partial charge in [-0.05, 0) is 50.1 Å². The van der Waals surface area contributed by atoms with E-state index in [1.807, 2.05) is 0 Å². The molecule has 0 spiro atoms. The summed E-state index contributed by atoms with van der Waals surface area (Å²) in [5.41, 5.74) is 1.44. The van der Waals surface area contributed by atoms with Crippen LogP contribution >= 0.6 is 0 Å². The predicted octanol–water partition coefficient (Wildman–Crippen LogP) is 2.91. The summed E-state index contributed by atoms with van der Waals surface area (Å²) in [5, 5.41) is 2.31. The van der Waals surface area contributed by atoms with Crippen LogP contribution in [0.2, 0.25) is 0 Å². The van der Waals surface area contributed by atoms with Crippen molar-refractivity contribution in [3.05, 3.63) is 66.0 Å². The number of carbonyl (C=O) groups is 1. The fourth-order valence-corrected chi connectivity index (χ4v) is 4.48. The van der Waals surface area contributed by atoms with Gasteiger partial charge in [-0.3, -0.25) is 19.5 Å². The van der Waals surface area contributed by atoms with Crippen molar-refractivity contribution in [2.75, 3.05) is 11.3 Å². The van der Waals surface area contributed by atoms with Gasteiger partial charge in [0.05, 0.1) is 47.9 Å². The first kappa shape index (κ1) is 22.6. The van der Waals surface area contributed by atoms with E-state index in [2.05, 4.69) is 25.0 Å². The van der Waals surface area contributed by atoms with Crippen LogP contribution < -0.4 is 14.8 Å². The number of sulfonamides is 1. The summed E-state index contributed by atoms with van der Waals surface area (Å²) in [6, 6.07) is 7.15. The molecule has 2 aromatic heterocycles. The Morgan fingerprint density at radius 1 is 1.21 bits per heavy atom. The summed E-state index contributed by atoms with van der Waals surface area (Å²) < 4.78 is 46.7. The van der Waals surface area contributed by atoms with Gasteiger partial charge in [0.1, 0.15) is 5.82 Å². The maximum atomic E-state index is 14.7. The van der Waals surface area contributed by atoms with Crippen LogP contribution in [0.4, 0.5) is 10.1 Å². The van der Waals surface area contributed by atoms with Gasteiger partial charge < -0.3 is 10.1 Å². The van der Waals surface area contributed by atoms with Gasteiger partial charge >= 0.3 is 0 Å². The van der Waals surface area contributed by atoms with Crippen molar-refractivity contribution in [1.29, 1.82) is 0 Å². The molecular formula is C22H22FN5O4S. The number of halogens is 1. The quantitative estimate of drug-likeness (QED) is 0.492. The lowest BCUT2D eigenvalue weighted by atomic mass is 10.1. The highest BCUT2D eigenvalue weighted by molar-refractivity contribution is 7.93. The Bertz CT molecular complexity index is 1280. The molecule has 11 heteroatoms. The molecule has 1 saturated carbocycles. The normalized spacial score (nSPS) is 13.4. The second-order valence-electron chi connectivity index (χ2n) is 7.44. The van der Waals surface area contributed by atoms with Crippen LogP contribution in [0.25, 0.3) is 11.3 Å². The number of aromatic nitrogens is 3. The summed E-state index contributed by atoms with van der Waals surface area (Å²) in [6.07, 6.45) is 5.62. The smallest absolute Gasteiger partial charge is 0.251 e. The Morgan fingerprint density at radius 2 is 2.03 bits per heavy atom. The molecule has 1 aliphatic carbocycles. The molecular weight excluding hydrogens is 449 g/mol. The number of pyridine rings is 1. The average molecular weight is 472 g/mol. The second-order valence-corrected chi connectivity index (χ2v) is 9.40. The van der Waals surface area contributed by atoms with Crippen LogP contribution in [0.15, 0.2) is 48.9 Å². The Morgan fingerprint density at radius 3 is 2.76 bits per heavy atom. The first-order valence-corrected chi connectivity index (χ1v) is 11.9. The molecule has 1 aromatic carbocycles. The van der Waals surface area contributed by atoms with E-state index < -0.39 is 21.7 Å². The molecule has 1 fully saturated rings. The molecule has 3 aromatic rings. The van der Waals surface area contributed by atoms with Gasteiger partial charge in [-0.15, -0.1) is 0 Å². The third-order valence-electron chi connectivity index (χ3n) is 4.88. The molecule has 0 aliphatic heterocycles. The van der Waals surface area contributed by atoms with Gasteiger partial charge in [0.15, 0.2) is 0 Å². The van der Waals surface area contributed by atoms with Crippen molar-refractivity contribution >= 4 is 21.6 Å². The maximum absolute atomic E-state index is 14.7.